The molecule has 0 unspecified atom stereocenters. The van der Waals surface area contributed by atoms with Crippen molar-refractivity contribution in [3.8, 4) is 39.5 Å². The Morgan fingerprint density at radius 2 is 0.804 bits per heavy atom. The van der Waals surface area contributed by atoms with E-state index in [1.165, 1.54) is 60.7 Å². The number of ether oxygens (including phenoxy) is 5. The van der Waals surface area contributed by atoms with E-state index in [0.717, 1.165) is 60.1 Å². The minimum atomic E-state index is -1.78. The number of aliphatic carboxylic acids is 1. The monoisotopic (exact) mass is 1550 g/mol. The van der Waals surface area contributed by atoms with E-state index in [1.54, 1.807) is 87.2 Å². The minimum Gasteiger partial charge on any atom is -0.870 e. The number of benzene rings is 9. The second kappa shape index (κ2) is 40.2. The largest absolute Gasteiger partial charge is 1.00 e. The number of hydrogen-bond donors (Lipinski definition) is 6. The molecular weight excluding hydrogens is 1480 g/mol. The summed E-state index contributed by atoms with van der Waals surface area (Å²) in [6.07, 6.45) is 4.62. The van der Waals surface area contributed by atoms with E-state index in [0.29, 0.717) is 79.2 Å². The van der Waals surface area contributed by atoms with Crippen LogP contribution in [0.2, 0.25) is 0 Å². The van der Waals surface area contributed by atoms with Crippen LogP contribution in [0.25, 0.3) is 55.2 Å². The van der Waals surface area contributed by atoms with Crippen LogP contribution in [0.5, 0.6) is 17.2 Å². The predicted octanol–water partition coefficient (Wildman–Crippen LogP) is 12.7. The normalized spacial score (nSPS) is 10.6. The van der Waals surface area contributed by atoms with E-state index in [1.807, 2.05) is 45.0 Å². The summed E-state index contributed by atoms with van der Waals surface area (Å²) in [6.45, 7) is 10.3. The summed E-state index contributed by atoms with van der Waals surface area (Å²) >= 11 is 3.49. The van der Waals surface area contributed by atoms with Crippen molar-refractivity contribution in [3.63, 3.8) is 0 Å². The average Bonchev–Trinajstić information content (AvgIpc) is 1.72. The molecule has 0 aliphatic carbocycles. The van der Waals surface area contributed by atoms with Gasteiger partial charge in [-0.1, -0.05) is 72.8 Å². The second-order valence-electron chi connectivity index (χ2n) is 23.8. The Bertz CT molecular complexity index is 5080. The summed E-state index contributed by atoms with van der Waals surface area (Å²) in [5, 5.41) is 29.1. The quantitative estimate of drug-likeness (QED) is 0.0197. The Labute approximate surface area is 638 Å². The molecule has 0 amide bonds. The molecule has 0 atom stereocenters. The minimum absolute atomic E-state index is 0. The van der Waals surface area contributed by atoms with Gasteiger partial charge >= 0.3 is 43.9 Å². The molecule has 9 aromatic carbocycles. The van der Waals surface area contributed by atoms with Gasteiger partial charge in [-0.25, -0.2) is 26.3 Å². The van der Waals surface area contributed by atoms with Crippen LogP contribution in [0.3, 0.4) is 0 Å². The fraction of sp³-hybridized carbons (Fsp3) is 0.203. The van der Waals surface area contributed by atoms with E-state index in [9.17, 15) is 31.9 Å². The van der Waals surface area contributed by atoms with Crippen LogP contribution >= 0.6 is 28.3 Å². The first kappa shape index (κ1) is 86.1. The Balaban J connectivity index is 0.000000231. The third-order valence-corrected chi connectivity index (χ3v) is 17.0. The van der Waals surface area contributed by atoms with Gasteiger partial charge in [0.05, 0.1) is 55.7 Å². The molecule has 0 spiro atoms. The molecule has 12 rings (SSSR count). The molecule has 556 valence electrons. The Hall–Kier alpha value is -9.82. The van der Waals surface area contributed by atoms with E-state index < -0.39 is 54.0 Å². The van der Waals surface area contributed by atoms with Crippen molar-refractivity contribution in [1.82, 2.24) is 0 Å². The number of hydrogen-bond acceptors (Lipinski definition) is 17. The number of furan rings is 3. The van der Waals surface area contributed by atoms with Gasteiger partial charge in [0, 0.05) is 115 Å². The molecule has 3 heterocycles. The summed E-state index contributed by atoms with van der Waals surface area (Å²) in [4.78, 5) is 34.8. The number of carboxylic acid groups (broad SMARTS) is 1. The number of carbonyl (C=O) groups excluding carboxylic acids is 2. The Morgan fingerprint density at radius 1 is 0.458 bits per heavy atom. The molecule has 28 heteroatoms. The van der Waals surface area contributed by atoms with E-state index >= 15 is 8.78 Å². The molecule has 3 aromatic heterocycles. The Kier molecular flexibility index (Phi) is 32.4. The van der Waals surface area contributed by atoms with Crippen molar-refractivity contribution in [2.45, 2.75) is 93.3 Å². The summed E-state index contributed by atoms with van der Waals surface area (Å²) in [5.74, 6) is -4.02. The number of esters is 2. The maximum Gasteiger partial charge on any atom is 1.00 e. The summed E-state index contributed by atoms with van der Waals surface area (Å²) in [6, 6.07) is 37.5. The van der Waals surface area contributed by atoms with Gasteiger partial charge in [0.15, 0.2) is 0 Å². The van der Waals surface area contributed by atoms with Crippen LogP contribution < -0.4 is 55.7 Å². The number of nitrogens with two attached hydrogens (primary N) is 3. The molecular formula is C79H75BBrClF6LiN3O15. The standard InChI is InChI=1S/C27H25F2NO4.C25H21F2NO4.C20H18BrFO4.C7H9BFNO2.ClH.Li.H2O/c1-3-32-25(31)11-18-7-8-20(28)12-24(18)33-15-17-9-22-16(2)14-34-27(22)23(10-17)21-6-4-5-19(13-30)26(21)29;1-14-12-32-25-20(14)7-15(8-21(25)19-4-2-3-17(11-28)24(19)27)13-31-22-10-18(26)6-5-16(22)9-23(29)30;1-3-24-19(23)8-14-4-5-15(22)9-18(14)25-11-13-6-16-12(2)10-26-20(16)17(21)7-13;9-7-5(4-10)2-1-3-6(7)8(11)12;;;/h4-10,12,14H,3,11,13,15,30H2,1-2H3;2-8,10,12H,9,11,13,28H2,1H3,(H,29,30);4-7,9-10H,3,8,11H2,1-2H3;1-3,11-12H,4,10H2;1H;;1H2/q;;;;;+1;/p-1. The van der Waals surface area contributed by atoms with Crippen molar-refractivity contribution in [3.05, 3.63) is 271 Å². The SMILES string of the molecule is CCOC(=O)Cc1ccc(F)cc1OCc1cc(-c2cccc(CN)c2F)c2occ(C)c2c1.CCOC(=O)Cc1ccc(F)cc1OCc1cc(Br)c2occ(C)c2c1.Cc1coc2c(-c3cccc(CN)c3F)cc(COc3cc(F)ccc3CC(=O)O)cc12.Cl.NCc1cccc(B(O)O)c1F.[Li+].[OH-]. The average molecular weight is 1550 g/mol. The number of fused-ring (bicyclic) bond motifs is 3. The number of carbonyl (C=O) groups is 3. The van der Waals surface area contributed by atoms with Gasteiger partial charge in [-0.2, -0.15) is 0 Å². The van der Waals surface area contributed by atoms with Crippen molar-refractivity contribution in [1.29, 1.82) is 0 Å². The number of halogens is 8. The summed E-state index contributed by atoms with van der Waals surface area (Å²) in [5.41, 5.74) is 27.8. The van der Waals surface area contributed by atoms with Gasteiger partial charge in [0.2, 0.25) is 0 Å². The maximum absolute atomic E-state index is 15.1. The zero-order valence-corrected chi connectivity index (χ0v) is 61.4. The van der Waals surface area contributed by atoms with Crippen molar-refractivity contribution in [2.24, 2.45) is 17.2 Å². The van der Waals surface area contributed by atoms with Crippen LogP contribution in [0, 0.1) is 55.7 Å². The molecule has 0 radical (unpaired) electrons. The summed E-state index contributed by atoms with van der Waals surface area (Å²) < 4.78 is 130. The van der Waals surface area contributed by atoms with E-state index in [4.69, 9.17) is 69.3 Å². The molecule has 0 fully saturated rings. The van der Waals surface area contributed by atoms with Gasteiger partial charge in [-0.3, -0.25) is 14.4 Å². The molecule has 0 aliphatic rings. The van der Waals surface area contributed by atoms with Gasteiger partial charge < -0.3 is 74.8 Å². The third kappa shape index (κ3) is 21.9. The molecule has 0 bridgehead atoms. The van der Waals surface area contributed by atoms with Gasteiger partial charge in [0.25, 0.3) is 0 Å². The van der Waals surface area contributed by atoms with E-state index in [2.05, 4.69) is 15.9 Å². The molecule has 0 saturated carbocycles. The third-order valence-electron chi connectivity index (χ3n) is 16.4. The molecule has 107 heavy (non-hydrogen) atoms. The summed E-state index contributed by atoms with van der Waals surface area (Å²) in [7, 11) is -1.78. The van der Waals surface area contributed by atoms with Crippen LogP contribution in [-0.2, 0) is 82.6 Å². The maximum atomic E-state index is 15.1. The van der Waals surface area contributed by atoms with Crippen molar-refractivity contribution >= 4 is 91.7 Å². The van der Waals surface area contributed by atoms with Gasteiger partial charge in [-0.15, -0.1) is 12.4 Å². The molecule has 18 nitrogen and oxygen atoms in total. The zero-order chi connectivity index (χ0) is 74.9. The predicted molar refractivity (Wildman–Crippen MR) is 395 cm³/mol. The van der Waals surface area contributed by atoms with E-state index in [-0.39, 0.29) is 131 Å². The Morgan fingerprint density at radius 3 is 1.17 bits per heavy atom. The number of rotatable bonds is 23. The fourth-order valence-electron chi connectivity index (χ4n) is 11.2. The van der Waals surface area contributed by atoms with Crippen molar-refractivity contribution < 1.29 is 117 Å². The topological polar surface area (TPSA) is 306 Å². The smallest absolute Gasteiger partial charge is 0.870 e. The number of aryl methyl sites for hydroxylation is 3. The first-order chi connectivity index (χ1) is 49.9. The molecule has 0 aliphatic heterocycles. The fourth-order valence-corrected chi connectivity index (χ4v) is 11.8. The molecule has 12 aromatic rings. The van der Waals surface area contributed by atoms with Gasteiger partial charge in [0.1, 0.15) is 88.7 Å². The molecule has 10 N–H and O–H groups in total. The second-order valence-corrected chi connectivity index (χ2v) is 24.6. The first-order valence-electron chi connectivity index (χ1n) is 32.7. The van der Waals surface area contributed by atoms with Gasteiger partial charge in [-0.05, 0) is 139 Å². The van der Waals surface area contributed by atoms with Crippen LogP contribution in [0.4, 0.5) is 26.3 Å². The number of carboxylic acids is 1. The van der Waals surface area contributed by atoms with Crippen LogP contribution in [0.15, 0.2) is 182 Å². The first-order valence-corrected chi connectivity index (χ1v) is 33.4. The molecule has 0 saturated heterocycles. The zero-order valence-electron chi connectivity index (χ0n) is 59.0. The van der Waals surface area contributed by atoms with Crippen molar-refractivity contribution in [2.75, 3.05) is 13.2 Å². The van der Waals surface area contributed by atoms with Crippen LogP contribution in [-0.4, -0.2) is 58.9 Å². The van der Waals surface area contributed by atoms with Crippen LogP contribution in [0.1, 0.15) is 80.6 Å².